The molecular weight excluding hydrogens is 805 g/mol. The highest BCUT2D eigenvalue weighted by molar-refractivity contribution is 5.71. The quantitative estimate of drug-likeness (QED) is 0.0262. The van der Waals surface area contributed by atoms with E-state index in [0.29, 0.717) is 12.8 Å². The maximum absolute atomic E-state index is 12.8. The molecule has 6 heteroatoms. The Morgan fingerprint density at radius 2 is 0.585 bits per heavy atom. The third-order valence-electron chi connectivity index (χ3n) is 10.1. The van der Waals surface area contributed by atoms with Crippen LogP contribution in [0.4, 0.5) is 0 Å². The number of rotatable bonds is 44. The molecule has 0 amide bonds. The zero-order valence-corrected chi connectivity index (χ0v) is 41.4. The minimum Gasteiger partial charge on any atom is -0.462 e. The second-order valence-corrected chi connectivity index (χ2v) is 16.3. The first-order chi connectivity index (χ1) is 32.0. The molecule has 0 aromatic carbocycles. The third-order valence-corrected chi connectivity index (χ3v) is 10.1. The topological polar surface area (TPSA) is 78.9 Å². The molecule has 0 N–H and O–H groups in total. The minimum atomic E-state index is -0.826. The van der Waals surface area contributed by atoms with Crippen molar-refractivity contribution in [1.29, 1.82) is 0 Å². The van der Waals surface area contributed by atoms with Gasteiger partial charge < -0.3 is 14.2 Å². The van der Waals surface area contributed by atoms with Gasteiger partial charge in [-0.15, -0.1) is 0 Å². The second-order valence-electron chi connectivity index (χ2n) is 16.3. The maximum Gasteiger partial charge on any atom is 0.306 e. The summed E-state index contributed by atoms with van der Waals surface area (Å²) < 4.78 is 16.7. The van der Waals surface area contributed by atoms with E-state index in [1.165, 1.54) is 12.8 Å². The number of allylic oxidation sites excluding steroid dienone is 22. The van der Waals surface area contributed by atoms with Crippen LogP contribution in [0.15, 0.2) is 134 Å². The molecule has 0 radical (unpaired) electrons. The lowest BCUT2D eigenvalue weighted by Gasteiger charge is -2.18. The van der Waals surface area contributed by atoms with Crippen molar-refractivity contribution >= 4 is 17.9 Å². The lowest BCUT2D eigenvalue weighted by atomic mass is 10.1. The van der Waals surface area contributed by atoms with E-state index in [4.69, 9.17) is 14.2 Å². The van der Waals surface area contributed by atoms with Crippen LogP contribution in [0.1, 0.15) is 201 Å². The number of carbonyl (C=O) groups excluding carboxylic acids is 3. The highest BCUT2D eigenvalue weighted by atomic mass is 16.6. The number of esters is 3. The molecule has 0 saturated carbocycles. The summed E-state index contributed by atoms with van der Waals surface area (Å²) in [5.74, 6) is -1.04. The highest BCUT2D eigenvalue weighted by Gasteiger charge is 2.19. The van der Waals surface area contributed by atoms with Crippen LogP contribution in [0.3, 0.4) is 0 Å². The summed E-state index contributed by atoms with van der Waals surface area (Å²) in [5, 5.41) is 0. The number of carbonyl (C=O) groups is 3. The van der Waals surface area contributed by atoms with Gasteiger partial charge in [0.15, 0.2) is 6.10 Å². The monoisotopic (exact) mass is 897 g/mol. The van der Waals surface area contributed by atoms with Crippen molar-refractivity contribution in [3.8, 4) is 0 Å². The summed E-state index contributed by atoms with van der Waals surface area (Å²) in [6.07, 6.45) is 73.0. The molecule has 0 heterocycles. The van der Waals surface area contributed by atoms with E-state index < -0.39 is 6.10 Å². The number of unbranched alkanes of at least 4 members (excludes halogenated alkanes) is 11. The number of hydrogen-bond acceptors (Lipinski definition) is 6. The Labute approximate surface area is 398 Å². The van der Waals surface area contributed by atoms with Gasteiger partial charge in [-0.05, 0) is 116 Å². The summed E-state index contributed by atoms with van der Waals surface area (Å²) in [4.78, 5) is 38.0. The van der Waals surface area contributed by atoms with Gasteiger partial charge in [-0.1, -0.05) is 199 Å². The van der Waals surface area contributed by atoms with Gasteiger partial charge in [0.1, 0.15) is 13.2 Å². The first-order valence-electron chi connectivity index (χ1n) is 25.7. The Kier molecular flexibility index (Phi) is 48.6. The Morgan fingerprint density at radius 3 is 0.954 bits per heavy atom. The highest BCUT2D eigenvalue weighted by Crippen LogP contribution is 2.12. The van der Waals surface area contributed by atoms with Gasteiger partial charge >= 0.3 is 17.9 Å². The largest absolute Gasteiger partial charge is 0.462 e. The Hall–Kier alpha value is -4.45. The summed E-state index contributed by atoms with van der Waals surface area (Å²) in [7, 11) is 0. The smallest absolute Gasteiger partial charge is 0.306 e. The summed E-state index contributed by atoms with van der Waals surface area (Å²) in [6, 6.07) is 0. The minimum absolute atomic E-state index is 0.120. The molecule has 0 fully saturated rings. The van der Waals surface area contributed by atoms with Crippen molar-refractivity contribution < 1.29 is 28.6 Å². The van der Waals surface area contributed by atoms with E-state index >= 15 is 0 Å². The summed E-state index contributed by atoms with van der Waals surface area (Å²) in [6.45, 7) is 6.18. The van der Waals surface area contributed by atoms with Crippen molar-refractivity contribution in [2.24, 2.45) is 0 Å². The van der Waals surface area contributed by atoms with Crippen LogP contribution in [-0.2, 0) is 28.6 Å². The van der Waals surface area contributed by atoms with Crippen LogP contribution in [0, 0.1) is 0 Å². The van der Waals surface area contributed by atoms with Crippen molar-refractivity contribution in [2.45, 2.75) is 207 Å². The third kappa shape index (κ3) is 50.4. The molecule has 1 atom stereocenters. The first-order valence-corrected chi connectivity index (χ1v) is 25.7. The molecule has 0 aliphatic carbocycles. The van der Waals surface area contributed by atoms with Gasteiger partial charge in [0.05, 0.1) is 0 Å². The fourth-order valence-electron chi connectivity index (χ4n) is 6.40. The molecule has 0 aliphatic rings. The summed E-state index contributed by atoms with van der Waals surface area (Å²) >= 11 is 0. The zero-order valence-electron chi connectivity index (χ0n) is 41.4. The molecular formula is C59H92O6. The molecule has 1 unspecified atom stereocenters. The average molecular weight is 897 g/mol. The van der Waals surface area contributed by atoms with E-state index in [2.05, 4.69) is 142 Å². The van der Waals surface area contributed by atoms with Crippen molar-refractivity contribution in [3.05, 3.63) is 134 Å². The molecule has 0 saturated heterocycles. The van der Waals surface area contributed by atoms with E-state index in [9.17, 15) is 14.4 Å². The van der Waals surface area contributed by atoms with E-state index in [0.717, 1.165) is 141 Å². The SMILES string of the molecule is CC/C=C\C/C=C\C/C=C\C/C=C\CCCCCCCCC(=O)OCC(COC(=O)CC/C=C\C/C=C\C/C=C\C/C=C\CC)OC(=O)CCCCCCC/C=C\C/C=C\C/C=C\CC. The molecule has 364 valence electrons. The fraction of sp³-hybridized carbons (Fsp3) is 0.576. The second kappa shape index (κ2) is 52.2. The maximum atomic E-state index is 12.8. The Balaban J connectivity index is 4.53. The van der Waals surface area contributed by atoms with Crippen LogP contribution in [0.5, 0.6) is 0 Å². The summed E-state index contributed by atoms with van der Waals surface area (Å²) in [5.41, 5.74) is 0. The Morgan fingerprint density at radius 1 is 0.308 bits per heavy atom. The number of hydrogen-bond donors (Lipinski definition) is 0. The van der Waals surface area contributed by atoms with Gasteiger partial charge in [-0.25, -0.2) is 0 Å². The Bertz CT molecular complexity index is 1450. The number of ether oxygens (including phenoxy) is 3. The lowest BCUT2D eigenvalue weighted by Crippen LogP contribution is -2.30. The van der Waals surface area contributed by atoms with Crippen molar-refractivity contribution in [1.82, 2.24) is 0 Å². The van der Waals surface area contributed by atoms with Gasteiger partial charge in [0.25, 0.3) is 0 Å². The fourth-order valence-corrected chi connectivity index (χ4v) is 6.40. The van der Waals surface area contributed by atoms with Gasteiger partial charge in [0, 0.05) is 19.3 Å². The molecule has 65 heavy (non-hydrogen) atoms. The molecule has 6 nitrogen and oxygen atoms in total. The van der Waals surface area contributed by atoms with Crippen LogP contribution in [-0.4, -0.2) is 37.2 Å². The average Bonchev–Trinajstić information content (AvgIpc) is 3.30. The van der Waals surface area contributed by atoms with Crippen molar-refractivity contribution in [2.75, 3.05) is 13.2 Å². The standard InChI is InChI=1S/C59H92O6/c1-4-7-10-13-16-19-22-25-27-28-29-30-32-34-37-40-43-46-49-52-58(61)64-55-56(54-63-57(60)51-48-45-42-39-36-33-24-21-18-15-12-9-6-3)65-59(62)53-50-47-44-41-38-35-31-26-23-20-17-14-11-8-5-2/h7-12,16-21,25-27,29-31,33,36,42,45,56H,4-6,13-15,22-24,28,32,34-35,37-41,43-44,46-55H2,1-3H3/b10-7-,11-8-,12-9-,19-16-,20-17-,21-18-,27-25-,30-29-,31-26-,36-33-,45-42-. The predicted molar refractivity (Wildman–Crippen MR) is 279 cm³/mol. The molecule has 0 aromatic rings. The van der Waals surface area contributed by atoms with Crippen LogP contribution in [0.25, 0.3) is 0 Å². The van der Waals surface area contributed by atoms with E-state index in [1.807, 2.05) is 12.2 Å². The normalized spacial score (nSPS) is 13.2. The van der Waals surface area contributed by atoms with E-state index in [-0.39, 0.29) is 44.0 Å². The van der Waals surface area contributed by atoms with Gasteiger partial charge in [-0.3, -0.25) is 14.4 Å². The van der Waals surface area contributed by atoms with Gasteiger partial charge in [-0.2, -0.15) is 0 Å². The van der Waals surface area contributed by atoms with Crippen molar-refractivity contribution in [3.63, 3.8) is 0 Å². The zero-order chi connectivity index (χ0) is 47.2. The molecule has 0 aliphatic heterocycles. The molecule has 0 spiro atoms. The lowest BCUT2D eigenvalue weighted by molar-refractivity contribution is -0.166. The molecule has 0 rings (SSSR count). The van der Waals surface area contributed by atoms with Gasteiger partial charge in [0.2, 0.25) is 0 Å². The van der Waals surface area contributed by atoms with Crippen LogP contribution < -0.4 is 0 Å². The van der Waals surface area contributed by atoms with Crippen LogP contribution >= 0.6 is 0 Å². The predicted octanol–water partition coefficient (Wildman–Crippen LogP) is 17.1. The molecule has 0 aromatic heterocycles. The van der Waals surface area contributed by atoms with E-state index in [1.54, 1.807) is 0 Å². The molecule has 0 bridgehead atoms. The first kappa shape index (κ1) is 60.5. The van der Waals surface area contributed by atoms with Crippen LogP contribution in [0.2, 0.25) is 0 Å².